The minimum atomic E-state index is -1.17. The van der Waals surface area contributed by atoms with Gasteiger partial charge in [-0.1, -0.05) is 20.8 Å². The third-order valence-electron chi connectivity index (χ3n) is 3.07. The third-order valence-corrected chi connectivity index (χ3v) is 3.07. The van der Waals surface area contributed by atoms with Gasteiger partial charge < -0.3 is 15.3 Å². The van der Waals surface area contributed by atoms with E-state index in [0.717, 1.165) is 4.90 Å². The highest BCUT2D eigenvalue weighted by Crippen LogP contribution is 2.20. The Balaban J connectivity index is 2.86. The van der Waals surface area contributed by atoms with Crippen molar-refractivity contribution >= 4 is 23.8 Å². The normalized spacial score (nSPS) is 21.2. The van der Waals surface area contributed by atoms with Gasteiger partial charge in [0.2, 0.25) is 11.8 Å². The van der Waals surface area contributed by atoms with Crippen LogP contribution in [0.15, 0.2) is 0 Å². The highest BCUT2D eigenvalue weighted by molar-refractivity contribution is 6.04. The van der Waals surface area contributed by atoms with Gasteiger partial charge in [-0.15, -0.1) is 0 Å². The SMILES string of the molecule is CC1C(=O)NC(=O)CN1C(=O)N[C@H](C(=O)O)C(C)(C)C. The topological polar surface area (TPSA) is 116 Å². The molecule has 112 valence electrons. The van der Waals surface area contributed by atoms with Crippen LogP contribution in [0.4, 0.5) is 4.79 Å². The van der Waals surface area contributed by atoms with Crippen LogP contribution in [-0.4, -0.2) is 52.4 Å². The maximum absolute atomic E-state index is 12.1. The molecule has 0 aliphatic carbocycles. The van der Waals surface area contributed by atoms with Crippen LogP contribution < -0.4 is 10.6 Å². The second kappa shape index (κ2) is 5.48. The van der Waals surface area contributed by atoms with E-state index in [9.17, 15) is 19.2 Å². The Morgan fingerprint density at radius 1 is 1.40 bits per heavy atom. The molecule has 20 heavy (non-hydrogen) atoms. The molecule has 8 nitrogen and oxygen atoms in total. The van der Waals surface area contributed by atoms with Crippen molar-refractivity contribution in [3.05, 3.63) is 0 Å². The lowest BCUT2D eigenvalue weighted by Gasteiger charge is -2.35. The molecule has 3 N–H and O–H groups in total. The first kappa shape index (κ1) is 15.9. The summed E-state index contributed by atoms with van der Waals surface area (Å²) in [7, 11) is 0. The fourth-order valence-corrected chi connectivity index (χ4v) is 1.82. The van der Waals surface area contributed by atoms with E-state index in [4.69, 9.17) is 5.11 Å². The van der Waals surface area contributed by atoms with Gasteiger partial charge in [-0.3, -0.25) is 14.9 Å². The van der Waals surface area contributed by atoms with Crippen LogP contribution in [0.25, 0.3) is 0 Å². The van der Waals surface area contributed by atoms with Gasteiger partial charge in [0.1, 0.15) is 18.6 Å². The molecule has 0 bridgehead atoms. The molecule has 0 aromatic carbocycles. The molecule has 0 spiro atoms. The van der Waals surface area contributed by atoms with E-state index in [-0.39, 0.29) is 6.54 Å². The van der Waals surface area contributed by atoms with Crippen molar-refractivity contribution < 1.29 is 24.3 Å². The van der Waals surface area contributed by atoms with Crippen molar-refractivity contribution in [1.29, 1.82) is 0 Å². The minimum absolute atomic E-state index is 0.283. The zero-order chi connectivity index (χ0) is 15.7. The number of nitrogens with one attached hydrogen (secondary N) is 2. The Morgan fingerprint density at radius 3 is 2.40 bits per heavy atom. The van der Waals surface area contributed by atoms with Gasteiger partial charge in [0.15, 0.2) is 0 Å². The molecule has 0 aromatic rings. The zero-order valence-corrected chi connectivity index (χ0v) is 11.9. The summed E-state index contributed by atoms with van der Waals surface area (Å²) in [5.41, 5.74) is -0.702. The second-order valence-corrected chi connectivity index (χ2v) is 5.80. The van der Waals surface area contributed by atoms with Gasteiger partial charge in [0.25, 0.3) is 0 Å². The van der Waals surface area contributed by atoms with Crippen LogP contribution in [0.5, 0.6) is 0 Å². The smallest absolute Gasteiger partial charge is 0.326 e. The summed E-state index contributed by atoms with van der Waals surface area (Å²) in [6.07, 6.45) is 0. The van der Waals surface area contributed by atoms with E-state index in [1.807, 2.05) is 0 Å². The van der Waals surface area contributed by atoms with E-state index in [2.05, 4.69) is 10.6 Å². The molecule has 4 amide bonds. The molecule has 0 saturated carbocycles. The number of carbonyl (C=O) groups excluding carboxylic acids is 3. The molecule has 0 aromatic heterocycles. The fourth-order valence-electron chi connectivity index (χ4n) is 1.82. The molecule has 1 saturated heterocycles. The first-order valence-electron chi connectivity index (χ1n) is 6.17. The number of rotatable bonds is 2. The number of piperazine rings is 1. The fraction of sp³-hybridized carbons (Fsp3) is 0.667. The molecule has 8 heteroatoms. The quantitative estimate of drug-likeness (QED) is 0.594. The highest BCUT2D eigenvalue weighted by atomic mass is 16.4. The standard InChI is InChI=1S/C12H19N3O5/c1-6-9(17)13-7(16)5-15(6)11(20)14-8(10(18)19)12(2,3)4/h6,8H,5H2,1-4H3,(H,14,20)(H,18,19)(H,13,16,17)/t6?,8-/m1/s1. The zero-order valence-electron chi connectivity index (χ0n) is 11.9. The van der Waals surface area contributed by atoms with Crippen LogP contribution in [-0.2, 0) is 14.4 Å². The lowest BCUT2D eigenvalue weighted by Crippen LogP contribution is -2.63. The maximum Gasteiger partial charge on any atom is 0.326 e. The summed E-state index contributed by atoms with van der Waals surface area (Å²) in [6, 6.07) is -2.70. The van der Waals surface area contributed by atoms with Gasteiger partial charge in [-0.2, -0.15) is 0 Å². The predicted octanol–water partition coefficient (Wildman–Crippen LogP) is -0.458. The second-order valence-electron chi connectivity index (χ2n) is 5.80. The van der Waals surface area contributed by atoms with Crippen molar-refractivity contribution in [3.8, 4) is 0 Å². The number of urea groups is 1. The van der Waals surface area contributed by atoms with E-state index in [1.54, 1.807) is 20.8 Å². The first-order valence-corrected chi connectivity index (χ1v) is 6.17. The molecule has 1 aliphatic heterocycles. The van der Waals surface area contributed by atoms with E-state index < -0.39 is 41.3 Å². The number of hydrogen-bond donors (Lipinski definition) is 3. The number of aliphatic carboxylic acids is 1. The van der Waals surface area contributed by atoms with E-state index in [0.29, 0.717) is 0 Å². The molecule has 1 aliphatic rings. The van der Waals surface area contributed by atoms with Gasteiger partial charge >= 0.3 is 12.0 Å². The monoisotopic (exact) mass is 285 g/mol. The van der Waals surface area contributed by atoms with Crippen LogP contribution in [0.3, 0.4) is 0 Å². The largest absolute Gasteiger partial charge is 0.480 e. The summed E-state index contributed by atoms with van der Waals surface area (Å²) in [5, 5.41) is 13.6. The summed E-state index contributed by atoms with van der Waals surface area (Å²) in [4.78, 5) is 47.0. The summed E-state index contributed by atoms with van der Waals surface area (Å²) in [5.74, 6) is -2.35. The summed E-state index contributed by atoms with van der Waals surface area (Å²) in [6.45, 7) is 6.19. The number of imide groups is 1. The minimum Gasteiger partial charge on any atom is -0.480 e. The Hall–Kier alpha value is -2.12. The molecule has 1 fully saturated rings. The predicted molar refractivity (Wildman–Crippen MR) is 68.7 cm³/mol. The Morgan fingerprint density at radius 2 is 1.95 bits per heavy atom. The van der Waals surface area contributed by atoms with Crippen molar-refractivity contribution in [3.63, 3.8) is 0 Å². The Labute approximate surface area is 116 Å². The van der Waals surface area contributed by atoms with Gasteiger partial charge in [-0.05, 0) is 12.3 Å². The van der Waals surface area contributed by atoms with Crippen molar-refractivity contribution in [2.75, 3.05) is 6.54 Å². The van der Waals surface area contributed by atoms with Crippen LogP contribution in [0.2, 0.25) is 0 Å². The van der Waals surface area contributed by atoms with Crippen LogP contribution in [0, 0.1) is 5.41 Å². The molecule has 1 unspecified atom stereocenters. The highest BCUT2D eigenvalue weighted by Gasteiger charge is 2.38. The van der Waals surface area contributed by atoms with Crippen molar-refractivity contribution in [2.45, 2.75) is 39.8 Å². The average molecular weight is 285 g/mol. The molecular weight excluding hydrogens is 266 g/mol. The Bertz CT molecular complexity index is 454. The lowest BCUT2D eigenvalue weighted by atomic mass is 9.87. The molecule has 1 heterocycles. The van der Waals surface area contributed by atoms with Crippen LogP contribution >= 0.6 is 0 Å². The van der Waals surface area contributed by atoms with Crippen molar-refractivity contribution in [1.82, 2.24) is 15.5 Å². The van der Waals surface area contributed by atoms with Crippen molar-refractivity contribution in [2.24, 2.45) is 5.41 Å². The van der Waals surface area contributed by atoms with E-state index >= 15 is 0 Å². The summed E-state index contributed by atoms with van der Waals surface area (Å²) < 4.78 is 0. The summed E-state index contributed by atoms with van der Waals surface area (Å²) >= 11 is 0. The first-order chi connectivity index (χ1) is 9.04. The number of carbonyl (C=O) groups is 4. The van der Waals surface area contributed by atoms with Gasteiger partial charge in [-0.25, -0.2) is 9.59 Å². The number of amides is 4. The average Bonchev–Trinajstić information content (AvgIpc) is 2.28. The van der Waals surface area contributed by atoms with Gasteiger partial charge in [0.05, 0.1) is 0 Å². The molecule has 2 atom stereocenters. The Kier molecular flexibility index (Phi) is 4.36. The number of carboxylic acid groups (broad SMARTS) is 1. The van der Waals surface area contributed by atoms with E-state index in [1.165, 1.54) is 6.92 Å². The number of hydrogen-bond acceptors (Lipinski definition) is 4. The molecule has 0 radical (unpaired) electrons. The molecular formula is C12H19N3O5. The number of carboxylic acids is 1. The van der Waals surface area contributed by atoms with Gasteiger partial charge in [0, 0.05) is 0 Å². The number of nitrogens with zero attached hydrogens (tertiary/aromatic N) is 1. The third kappa shape index (κ3) is 3.46. The maximum atomic E-state index is 12.1. The molecule has 1 rings (SSSR count). The lowest BCUT2D eigenvalue weighted by molar-refractivity contribution is -0.142. The van der Waals surface area contributed by atoms with Crippen LogP contribution in [0.1, 0.15) is 27.7 Å².